The molecule has 0 unspecified atom stereocenters. The van der Waals surface area contributed by atoms with Crippen molar-refractivity contribution >= 4 is 16.9 Å². The van der Waals surface area contributed by atoms with Crippen molar-refractivity contribution in [1.82, 2.24) is 5.32 Å². The Bertz CT molecular complexity index is 231. The first kappa shape index (κ1) is 11.3. The Labute approximate surface area is 87.5 Å². The maximum absolute atomic E-state index is 8.44. The molecule has 6 heteroatoms. The monoisotopic (exact) mass is 215 g/mol. The van der Waals surface area contributed by atoms with Crippen LogP contribution >= 0.6 is 11.8 Å². The van der Waals surface area contributed by atoms with Gasteiger partial charge in [0.2, 0.25) is 0 Å². The number of hydrogen-bond acceptors (Lipinski definition) is 5. The zero-order valence-electron chi connectivity index (χ0n) is 8.02. The van der Waals surface area contributed by atoms with Crippen LogP contribution in [-0.4, -0.2) is 43.9 Å². The first-order valence-electron chi connectivity index (χ1n) is 4.29. The first-order valence-corrected chi connectivity index (χ1v) is 5.51. The highest BCUT2D eigenvalue weighted by atomic mass is 32.2. The van der Waals surface area contributed by atoms with Gasteiger partial charge in [-0.1, -0.05) is 11.8 Å². The molecule has 0 saturated carbocycles. The number of hydrogen-bond donors (Lipinski definition) is 1. The van der Waals surface area contributed by atoms with Crippen LogP contribution in [0.15, 0.2) is 4.99 Å². The van der Waals surface area contributed by atoms with Crippen LogP contribution in [0.2, 0.25) is 0 Å². The normalized spacial score (nSPS) is 19.9. The van der Waals surface area contributed by atoms with Gasteiger partial charge in [0.1, 0.15) is 0 Å². The fourth-order valence-corrected chi connectivity index (χ4v) is 1.43. The fraction of sp³-hybridized carbons (Fsp3) is 0.750. The summed E-state index contributed by atoms with van der Waals surface area (Å²) in [5, 5.41) is 11.5. The molecule has 14 heavy (non-hydrogen) atoms. The van der Waals surface area contributed by atoms with Crippen LogP contribution in [0.1, 0.15) is 0 Å². The molecule has 0 atom stereocenters. The summed E-state index contributed by atoms with van der Waals surface area (Å²) >= 11 is 1.40. The minimum atomic E-state index is -0.0131. The van der Waals surface area contributed by atoms with Crippen LogP contribution in [-0.2, 0) is 9.47 Å². The van der Waals surface area contributed by atoms with Gasteiger partial charge < -0.3 is 9.47 Å². The highest BCUT2D eigenvalue weighted by Crippen LogP contribution is 2.03. The van der Waals surface area contributed by atoms with Crippen molar-refractivity contribution in [2.24, 2.45) is 4.99 Å². The second-order valence-electron chi connectivity index (χ2n) is 2.68. The summed E-state index contributed by atoms with van der Waals surface area (Å²) in [6.07, 6.45) is 3.70. The SMILES string of the molecule is CSC(=NC1COCCOC1)NC#N. The van der Waals surface area contributed by atoms with E-state index >= 15 is 0 Å². The topological polar surface area (TPSA) is 66.6 Å². The van der Waals surface area contributed by atoms with Gasteiger partial charge in [-0.15, -0.1) is 0 Å². The van der Waals surface area contributed by atoms with Crippen molar-refractivity contribution in [3.63, 3.8) is 0 Å². The van der Waals surface area contributed by atoms with E-state index in [1.807, 2.05) is 12.4 Å². The van der Waals surface area contributed by atoms with Gasteiger partial charge in [0.25, 0.3) is 0 Å². The number of ether oxygens (including phenoxy) is 2. The van der Waals surface area contributed by atoms with Gasteiger partial charge in [0, 0.05) is 0 Å². The van der Waals surface area contributed by atoms with Crippen LogP contribution < -0.4 is 5.32 Å². The smallest absolute Gasteiger partial charge is 0.183 e. The highest BCUT2D eigenvalue weighted by molar-refractivity contribution is 8.13. The van der Waals surface area contributed by atoms with Crippen LogP contribution in [0.25, 0.3) is 0 Å². The molecule has 0 radical (unpaired) electrons. The number of nitrogens with one attached hydrogen (secondary N) is 1. The van der Waals surface area contributed by atoms with Crippen molar-refractivity contribution in [2.45, 2.75) is 6.04 Å². The second-order valence-corrected chi connectivity index (χ2v) is 3.47. The van der Waals surface area contributed by atoms with Crippen LogP contribution in [0.5, 0.6) is 0 Å². The maximum atomic E-state index is 8.44. The minimum Gasteiger partial charge on any atom is -0.377 e. The van der Waals surface area contributed by atoms with Crippen LogP contribution in [0, 0.1) is 11.5 Å². The summed E-state index contributed by atoms with van der Waals surface area (Å²) in [7, 11) is 0. The number of aliphatic imine (C=N–C) groups is 1. The minimum absolute atomic E-state index is 0.0131. The van der Waals surface area contributed by atoms with Gasteiger partial charge in [-0.2, -0.15) is 5.26 Å². The molecule has 0 aromatic carbocycles. The number of rotatable bonds is 1. The number of amidine groups is 1. The average Bonchev–Trinajstić information content (AvgIpc) is 2.45. The van der Waals surface area contributed by atoms with Gasteiger partial charge in [-0.25, -0.2) is 0 Å². The molecule has 0 aromatic rings. The quantitative estimate of drug-likeness (QED) is 0.293. The molecule has 1 aliphatic heterocycles. The molecule has 0 amide bonds. The van der Waals surface area contributed by atoms with Gasteiger partial charge in [-0.3, -0.25) is 10.3 Å². The summed E-state index contributed by atoms with van der Waals surface area (Å²) < 4.78 is 10.6. The summed E-state index contributed by atoms with van der Waals surface area (Å²) in [4.78, 5) is 4.30. The molecule has 0 spiro atoms. The lowest BCUT2D eigenvalue weighted by Crippen LogP contribution is -2.22. The maximum Gasteiger partial charge on any atom is 0.183 e. The molecule has 0 aliphatic carbocycles. The van der Waals surface area contributed by atoms with Crippen molar-refractivity contribution in [2.75, 3.05) is 32.7 Å². The van der Waals surface area contributed by atoms with Gasteiger partial charge >= 0.3 is 0 Å². The summed E-state index contributed by atoms with van der Waals surface area (Å²) in [5.41, 5.74) is 0. The fourth-order valence-electron chi connectivity index (χ4n) is 1.03. The van der Waals surface area contributed by atoms with E-state index < -0.39 is 0 Å². The molecule has 0 aromatic heterocycles. The van der Waals surface area contributed by atoms with Gasteiger partial charge in [-0.05, 0) is 6.26 Å². The zero-order valence-corrected chi connectivity index (χ0v) is 8.84. The first-order chi connectivity index (χ1) is 6.86. The molecule has 1 aliphatic rings. The van der Waals surface area contributed by atoms with E-state index in [1.54, 1.807) is 0 Å². The lowest BCUT2D eigenvalue weighted by Gasteiger charge is -2.09. The lowest BCUT2D eigenvalue weighted by atomic mass is 10.3. The predicted molar refractivity (Wildman–Crippen MR) is 55.1 cm³/mol. The van der Waals surface area contributed by atoms with E-state index in [1.165, 1.54) is 11.8 Å². The number of nitriles is 1. The van der Waals surface area contributed by atoms with Crippen LogP contribution in [0.3, 0.4) is 0 Å². The van der Waals surface area contributed by atoms with E-state index in [9.17, 15) is 0 Å². The Morgan fingerprint density at radius 3 is 2.64 bits per heavy atom. The third-order valence-corrected chi connectivity index (χ3v) is 2.24. The van der Waals surface area contributed by atoms with Gasteiger partial charge in [0.15, 0.2) is 11.4 Å². The Balaban J connectivity index is 2.49. The standard InChI is InChI=1S/C8H13N3O2S/c1-14-8(10-6-9)11-7-4-12-2-3-13-5-7/h7H,2-5H2,1H3,(H,10,11). The van der Waals surface area contributed by atoms with Crippen LogP contribution in [0.4, 0.5) is 0 Å². The van der Waals surface area contributed by atoms with Crippen molar-refractivity contribution in [1.29, 1.82) is 5.26 Å². The van der Waals surface area contributed by atoms with E-state index in [2.05, 4.69) is 10.3 Å². The van der Waals surface area contributed by atoms with Crippen molar-refractivity contribution in [3.8, 4) is 6.19 Å². The summed E-state index contributed by atoms with van der Waals surface area (Å²) in [6, 6.07) is -0.0131. The molecule has 1 N–H and O–H groups in total. The van der Waals surface area contributed by atoms with E-state index in [4.69, 9.17) is 14.7 Å². The van der Waals surface area contributed by atoms with Gasteiger partial charge in [0.05, 0.1) is 32.5 Å². The molecule has 1 heterocycles. The van der Waals surface area contributed by atoms with E-state index in [-0.39, 0.29) is 6.04 Å². The second kappa shape index (κ2) is 6.65. The Hall–Kier alpha value is -0.770. The van der Waals surface area contributed by atoms with E-state index in [0.717, 1.165) is 0 Å². The van der Waals surface area contributed by atoms with E-state index in [0.29, 0.717) is 31.6 Å². The molecule has 1 fully saturated rings. The molecular weight excluding hydrogens is 202 g/mol. The Kier molecular flexibility index (Phi) is 5.37. The Morgan fingerprint density at radius 2 is 2.14 bits per heavy atom. The predicted octanol–water partition coefficient (Wildman–Crippen LogP) is 0.191. The average molecular weight is 215 g/mol. The number of nitrogens with zero attached hydrogens (tertiary/aromatic N) is 2. The highest BCUT2D eigenvalue weighted by Gasteiger charge is 2.12. The molecule has 78 valence electrons. The van der Waals surface area contributed by atoms with Crippen molar-refractivity contribution in [3.05, 3.63) is 0 Å². The largest absolute Gasteiger partial charge is 0.377 e. The third kappa shape index (κ3) is 3.96. The third-order valence-electron chi connectivity index (χ3n) is 1.65. The molecule has 1 saturated heterocycles. The Morgan fingerprint density at radius 1 is 1.50 bits per heavy atom. The summed E-state index contributed by atoms with van der Waals surface area (Å²) in [6.45, 7) is 2.34. The molecule has 5 nitrogen and oxygen atoms in total. The molecule has 0 bridgehead atoms. The van der Waals surface area contributed by atoms with Crippen molar-refractivity contribution < 1.29 is 9.47 Å². The summed E-state index contributed by atoms with van der Waals surface area (Å²) in [5.74, 6) is 0. The molecule has 1 rings (SSSR count). The lowest BCUT2D eigenvalue weighted by molar-refractivity contribution is 0.103. The zero-order chi connectivity index (χ0) is 10.2. The number of thioether (sulfide) groups is 1. The molecular formula is C8H13N3O2S.